The van der Waals surface area contributed by atoms with E-state index in [4.69, 9.17) is 4.74 Å². The molecule has 0 saturated heterocycles. The lowest BCUT2D eigenvalue weighted by Gasteiger charge is -2.04. The molecule has 1 aliphatic heterocycles. The molecule has 0 atom stereocenters. The van der Waals surface area contributed by atoms with Gasteiger partial charge in [0.05, 0.1) is 12.9 Å². The molecule has 3 heteroatoms. The Morgan fingerprint density at radius 1 is 1.17 bits per heavy atom. The molecule has 0 spiro atoms. The van der Waals surface area contributed by atoms with Gasteiger partial charge in [0.25, 0.3) is 0 Å². The van der Waals surface area contributed by atoms with Gasteiger partial charge in [0.1, 0.15) is 5.75 Å². The molecule has 1 aromatic carbocycles. The molecule has 1 heterocycles. The van der Waals surface area contributed by atoms with Gasteiger partial charge >= 0.3 is 0 Å². The standard InChI is InChI=1S/C9H10N2O/c1-2-4-8(5-3-1)12-9-6-10-7-11-9/h1-6,10-11H,7H2. The van der Waals surface area contributed by atoms with Crippen molar-refractivity contribution >= 4 is 0 Å². The van der Waals surface area contributed by atoms with Crippen LogP contribution in [0.5, 0.6) is 5.75 Å². The Labute approximate surface area is 71.0 Å². The first kappa shape index (κ1) is 7.03. The molecule has 2 N–H and O–H groups in total. The van der Waals surface area contributed by atoms with Gasteiger partial charge in [-0.3, -0.25) is 0 Å². The molecule has 0 bridgehead atoms. The number of ether oxygens (including phenoxy) is 1. The van der Waals surface area contributed by atoms with Crippen molar-refractivity contribution in [2.75, 3.05) is 6.67 Å². The van der Waals surface area contributed by atoms with Gasteiger partial charge in [-0.15, -0.1) is 0 Å². The SMILES string of the molecule is C1=C(Oc2ccccc2)NCN1. The van der Waals surface area contributed by atoms with E-state index in [0.29, 0.717) is 0 Å². The lowest BCUT2D eigenvalue weighted by molar-refractivity contribution is 0.394. The zero-order valence-corrected chi connectivity index (χ0v) is 6.58. The minimum atomic E-state index is 0.738. The van der Waals surface area contributed by atoms with Crippen LogP contribution in [0.15, 0.2) is 42.4 Å². The van der Waals surface area contributed by atoms with Crippen molar-refractivity contribution in [2.45, 2.75) is 0 Å². The largest absolute Gasteiger partial charge is 0.440 e. The van der Waals surface area contributed by atoms with Crippen molar-refractivity contribution in [3.8, 4) is 5.75 Å². The van der Waals surface area contributed by atoms with Crippen molar-refractivity contribution in [1.82, 2.24) is 10.6 Å². The molecule has 12 heavy (non-hydrogen) atoms. The maximum atomic E-state index is 5.46. The van der Waals surface area contributed by atoms with Crippen LogP contribution in [-0.2, 0) is 0 Å². The van der Waals surface area contributed by atoms with E-state index in [0.717, 1.165) is 18.3 Å². The van der Waals surface area contributed by atoms with Gasteiger partial charge in [0.2, 0.25) is 5.88 Å². The molecule has 0 fully saturated rings. The molecule has 1 aliphatic rings. The molecule has 0 saturated carbocycles. The number of benzene rings is 1. The minimum Gasteiger partial charge on any atom is -0.440 e. The highest BCUT2D eigenvalue weighted by atomic mass is 16.5. The Bertz CT molecular complexity index is 282. The summed E-state index contributed by atoms with van der Waals surface area (Å²) in [5.41, 5.74) is 0. The summed E-state index contributed by atoms with van der Waals surface area (Å²) in [4.78, 5) is 0. The van der Waals surface area contributed by atoms with E-state index in [2.05, 4.69) is 10.6 Å². The molecule has 0 aromatic heterocycles. The maximum absolute atomic E-state index is 5.46. The van der Waals surface area contributed by atoms with Gasteiger partial charge < -0.3 is 15.4 Å². The van der Waals surface area contributed by atoms with E-state index in [1.807, 2.05) is 36.5 Å². The Kier molecular flexibility index (Phi) is 1.86. The second kappa shape index (κ2) is 3.17. The van der Waals surface area contributed by atoms with E-state index < -0.39 is 0 Å². The Morgan fingerprint density at radius 2 is 2.00 bits per heavy atom. The highest BCUT2D eigenvalue weighted by Crippen LogP contribution is 2.11. The van der Waals surface area contributed by atoms with Crippen molar-refractivity contribution in [1.29, 1.82) is 0 Å². The molecule has 0 radical (unpaired) electrons. The summed E-state index contributed by atoms with van der Waals surface area (Å²) in [5.74, 6) is 1.61. The lowest BCUT2D eigenvalue weighted by atomic mass is 10.3. The highest BCUT2D eigenvalue weighted by molar-refractivity contribution is 5.23. The van der Waals surface area contributed by atoms with Crippen LogP contribution in [0.2, 0.25) is 0 Å². The summed E-state index contributed by atoms with van der Waals surface area (Å²) in [6, 6.07) is 9.68. The number of nitrogens with one attached hydrogen (secondary N) is 2. The number of rotatable bonds is 2. The van der Waals surface area contributed by atoms with Crippen LogP contribution >= 0.6 is 0 Å². The third kappa shape index (κ3) is 1.50. The van der Waals surface area contributed by atoms with Crippen LogP contribution in [0.25, 0.3) is 0 Å². The summed E-state index contributed by atoms with van der Waals surface area (Å²) >= 11 is 0. The number of hydrogen-bond acceptors (Lipinski definition) is 3. The van der Waals surface area contributed by atoms with Crippen LogP contribution in [0.3, 0.4) is 0 Å². The predicted octanol–water partition coefficient (Wildman–Crippen LogP) is 1.01. The molecule has 1 aromatic rings. The maximum Gasteiger partial charge on any atom is 0.210 e. The normalized spacial score (nSPS) is 14.5. The van der Waals surface area contributed by atoms with Crippen LogP contribution in [0.1, 0.15) is 0 Å². The average Bonchev–Trinajstić information content (AvgIpc) is 2.59. The van der Waals surface area contributed by atoms with Crippen molar-refractivity contribution in [3.05, 3.63) is 42.4 Å². The van der Waals surface area contributed by atoms with E-state index in [1.54, 1.807) is 0 Å². The molecule has 62 valence electrons. The fourth-order valence-electron chi connectivity index (χ4n) is 1.01. The second-order valence-electron chi connectivity index (χ2n) is 2.48. The molecule has 2 rings (SSSR count). The van der Waals surface area contributed by atoms with Crippen LogP contribution in [0.4, 0.5) is 0 Å². The molecular weight excluding hydrogens is 152 g/mol. The molecule has 0 unspecified atom stereocenters. The lowest BCUT2D eigenvalue weighted by Crippen LogP contribution is -2.16. The van der Waals surface area contributed by atoms with Crippen molar-refractivity contribution in [3.63, 3.8) is 0 Å². The fraction of sp³-hybridized carbons (Fsp3) is 0.111. The summed E-state index contributed by atoms with van der Waals surface area (Å²) in [6.45, 7) is 0.738. The number of hydrogen-bond donors (Lipinski definition) is 2. The van der Waals surface area contributed by atoms with Gasteiger partial charge in [0, 0.05) is 0 Å². The fourth-order valence-corrected chi connectivity index (χ4v) is 1.01. The van der Waals surface area contributed by atoms with Crippen LogP contribution < -0.4 is 15.4 Å². The van der Waals surface area contributed by atoms with Gasteiger partial charge in [-0.25, -0.2) is 0 Å². The first-order valence-corrected chi connectivity index (χ1v) is 3.85. The van der Waals surface area contributed by atoms with Gasteiger partial charge in [0.15, 0.2) is 0 Å². The average molecular weight is 162 g/mol. The first-order chi connectivity index (χ1) is 5.95. The van der Waals surface area contributed by atoms with Crippen molar-refractivity contribution < 1.29 is 4.74 Å². The molecule has 3 nitrogen and oxygen atoms in total. The zero-order chi connectivity index (χ0) is 8.23. The Morgan fingerprint density at radius 3 is 2.67 bits per heavy atom. The molecular formula is C9H10N2O. The Hall–Kier alpha value is -1.64. The topological polar surface area (TPSA) is 33.3 Å². The first-order valence-electron chi connectivity index (χ1n) is 3.85. The van der Waals surface area contributed by atoms with Gasteiger partial charge in [-0.1, -0.05) is 18.2 Å². The third-order valence-electron chi connectivity index (χ3n) is 1.57. The minimum absolute atomic E-state index is 0.738. The van der Waals surface area contributed by atoms with E-state index >= 15 is 0 Å². The molecule has 0 aliphatic carbocycles. The second-order valence-corrected chi connectivity index (χ2v) is 2.48. The van der Waals surface area contributed by atoms with Crippen LogP contribution in [0, 0.1) is 0 Å². The summed E-state index contributed by atoms with van der Waals surface area (Å²) in [5, 5.41) is 6.03. The monoisotopic (exact) mass is 162 g/mol. The van der Waals surface area contributed by atoms with E-state index in [1.165, 1.54) is 0 Å². The zero-order valence-electron chi connectivity index (χ0n) is 6.58. The van der Waals surface area contributed by atoms with Gasteiger partial charge in [-0.05, 0) is 12.1 Å². The number of para-hydroxylation sites is 1. The summed E-state index contributed by atoms with van der Waals surface area (Å²) < 4.78 is 5.46. The third-order valence-corrected chi connectivity index (χ3v) is 1.57. The highest BCUT2D eigenvalue weighted by Gasteiger charge is 2.02. The smallest absolute Gasteiger partial charge is 0.210 e. The van der Waals surface area contributed by atoms with Crippen molar-refractivity contribution in [2.24, 2.45) is 0 Å². The van der Waals surface area contributed by atoms with Gasteiger partial charge in [-0.2, -0.15) is 0 Å². The van der Waals surface area contributed by atoms with E-state index in [9.17, 15) is 0 Å². The quantitative estimate of drug-likeness (QED) is 0.681. The summed E-state index contributed by atoms with van der Waals surface area (Å²) in [6.07, 6.45) is 1.81. The molecule has 0 amide bonds. The van der Waals surface area contributed by atoms with Crippen LogP contribution in [-0.4, -0.2) is 6.67 Å². The summed E-state index contributed by atoms with van der Waals surface area (Å²) in [7, 11) is 0. The predicted molar refractivity (Wildman–Crippen MR) is 46.3 cm³/mol. The Balaban J connectivity index is 2.04. The van der Waals surface area contributed by atoms with E-state index in [-0.39, 0.29) is 0 Å².